The number of benzene rings is 3. The Morgan fingerprint density at radius 1 is 1.07 bits per heavy atom. The number of methoxy groups -OCH3 is 2. The van der Waals surface area contributed by atoms with Crippen molar-refractivity contribution in [2.75, 3.05) is 21.0 Å². The van der Waals surface area contributed by atoms with E-state index in [2.05, 4.69) is 6.92 Å². The molecule has 0 atom stereocenters. The van der Waals surface area contributed by atoms with Gasteiger partial charge >= 0.3 is 5.97 Å². The van der Waals surface area contributed by atoms with E-state index in [0.29, 0.717) is 23.5 Å². The summed E-state index contributed by atoms with van der Waals surface area (Å²) in [6, 6.07) is 17.4. The van der Waals surface area contributed by atoms with E-state index in [4.69, 9.17) is 14.2 Å². The van der Waals surface area contributed by atoms with Crippen LogP contribution in [-0.4, -0.2) is 32.1 Å². The summed E-state index contributed by atoms with van der Waals surface area (Å²) in [6.07, 6.45) is 2.85. The number of rotatable bonds is 9. The molecule has 3 aromatic carbocycles. The van der Waals surface area contributed by atoms with Gasteiger partial charge in [-0.1, -0.05) is 55.5 Å². The standard InChI is InChI=1S/C25H26O5/c1-4-18-11-8-12-21-19(15-22(29-3)24(23(18)21)30-16-28-2)14-20(25(26)27)13-17-9-6-5-7-10-17/h5-12,14-15H,4,13,16H2,1-3H3,(H,26,27)/b20-14-. The van der Waals surface area contributed by atoms with Gasteiger partial charge in [0.2, 0.25) is 0 Å². The maximum Gasteiger partial charge on any atom is 0.331 e. The molecule has 0 radical (unpaired) electrons. The van der Waals surface area contributed by atoms with Crippen molar-refractivity contribution in [2.24, 2.45) is 0 Å². The van der Waals surface area contributed by atoms with Gasteiger partial charge in [0.05, 0.1) is 7.11 Å². The molecule has 5 heteroatoms. The van der Waals surface area contributed by atoms with Crippen molar-refractivity contribution in [1.82, 2.24) is 0 Å². The van der Waals surface area contributed by atoms with Gasteiger partial charge in [-0.25, -0.2) is 4.79 Å². The number of aryl methyl sites for hydroxylation is 1. The lowest BCUT2D eigenvalue weighted by molar-refractivity contribution is -0.132. The predicted octanol–water partition coefficient (Wildman–Crippen LogP) is 5.10. The van der Waals surface area contributed by atoms with Gasteiger partial charge in [0.25, 0.3) is 0 Å². The van der Waals surface area contributed by atoms with E-state index in [1.165, 1.54) is 0 Å². The molecule has 3 aromatic rings. The predicted molar refractivity (Wildman–Crippen MR) is 118 cm³/mol. The molecule has 0 heterocycles. The van der Waals surface area contributed by atoms with Gasteiger partial charge in [-0.05, 0) is 40.6 Å². The van der Waals surface area contributed by atoms with Crippen LogP contribution in [0.25, 0.3) is 16.8 Å². The van der Waals surface area contributed by atoms with Gasteiger partial charge in [0.1, 0.15) is 0 Å². The van der Waals surface area contributed by atoms with Crippen LogP contribution in [0.1, 0.15) is 23.6 Å². The molecule has 0 aromatic heterocycles. The molecule has 0 unspecified atom stereocenters. The number of hydrogen-bond acceptors (Lipinski definition) is 4. The Hall–Kier alpha value is -3.31. The molecular formula is C25H26O5. The largest absolute Gasteiger partial charge is 0.493 e. The Bertz CT molecular complexity index is 1050. The molecular weight excluding hydrogens is 380 g/mol. The Kier molecular flexibility index (Phi) is 7.09. The lowest BCUT2D eigenvalue weighted by Crippen LogP contribution is -2.05. The lowest BCUT2D eigenvalue weighted by Gasteiger charge is -2.17. The number of hydrogen-bond donors (Lipinski definition) is 1. The first kappa shape index (κ1) is 21.4. The molecule has 0 amide bonds. The third-order valence-electron chi connectivity index (χ3n) is 4.96. The van der Waals surface area contributed by atoms with Crippen LogP contribution in [0.15, 0.2) is 60.2 Å². The highest BCUT2D eigenvalue weighted by molar-refractivity contribution is 6.02. The maximum absolute atomic E-state index is 12.0. The molecule has 30 heavy (non-hydrogen) atoms. The summed E-state index contributed by atoms with van der Waals surface area (Å²) in [5, 5.41) is 11.6. The topological polar surface area (TPSA) is 65.0 Å². The number of ether oxygens (including phenoxy) is 3. The van der Waals surface area contributed by atoms with Crippen molar-refractivity contribution in [1.29, 1.82) is 0 Å². The van der Waals surface area contributed by atoms with E-state index < -0.39 is 5.97 Å². The first-order valence-corrected chi connectivity index (χ1v) is 9.81. The average Bonchev–Trinajstić information content (AvgIpc) is 2.77. The molecule has 156 valence electrons. The summed E-state index contributed by atoms with van der Waals surface area (Å²) in [5.41, 5.74) is 3.11. The van der Waals surface area contributed by atoms with Crippen LogP contribution in [-0.2, 0) is 22.4 Å². The van der Waals surface area contributed by atoms with E-state index in [-0.39, 0.29) is 6.79 Å². The molecule has 0 bridgehead atoms. The summed E-state index contributed by atoms with van der Waals surface area (Å²) in [5.74, 6) is 0.192. The van der Waals surface area contributed by atoms with E-state index in [9.17, 15) is 9.90 Å². The van der Waals surface area contributed by atoms with Gasteiger partial charge in [0, 0.05) is 24.5 Å². The summed E-state index contributed by atoms with van der Waals surface area (Å²) in [6.45, 7) is 2.16. The fourth-order valence-electron chi connectivity index (χ4n) is 3.54. The number of aliphatic carboxylic acids is 1. The second-order valence-corrected chi connectivity index (χ2v) is 6.88. The Balaban J connectivity index is 2.21. The normalized spacial score (nSPS) is 11.5. The molecule has 0 aliphatic rings. The Labute approximate surface area is 176 Å². The van der Waals surface area contributed by atoms with Crippen LogP contribution in [0.3, 0.4) is 0 Å². The molecule has 1 N–H and O–H groups in total. The number of carboxylic acids is 1. The van der Waals surface area contributed by atoms with Gasteiger partial charge in [-0.15, -0.1) is 0 Å². The summed E-state index contributed by atoms with van der Waals surface area (Å²) >= 11 is 0. The Morgan fingerprint density at radius 2 is 1.83 bits per heavy atom. The minimum absolute atomic E-state index is 0.0904. The van der Waals surface area contributed by atoms with Gasteiger partial charge in [0.15, 0.2) is 18.3 Å². The first-order valence-electron chi connectivity index (χ1n) is 9.81. The number of carboxylic acid groups (broad SMARTS) is 1. The quantitative estimate of drug-likeness (QED) is 0.395. The fourth-order valence-corrected chi connectivity index (χ4v) is 3.54. The highest BCUT2D eigenvalue weighted by Crippen LogP contribution is 2.41. The zero-order chi connectivity index (χ0) is 21.5. The molecule has 0 saturated heterocycles. The molecule has 0 saturated carbocycles. The monoisotopic (exact) mass is 406 g/mol. The van der Waals surface area contributed by atoms with E-state index in [0.717, 1.165) is 33.9 Å². The third-order valence-corrected chi connectivity index (χ3v) is 4.96. The minimum atomic E-state index is -0.947. The third kappa shape index (κ3) is 4.63. The minimum Gasteiger partial charge on any atom is -0.493 e. The second kappa shape index (κ2) is 9.94. The first-order chi connectivity index (χ1) is 14.6. The van der Waals surface area contributed by atoms with Gasteiger partial charge in [-0.2, -0.15) is 0 Å². The van der Waals surface area contributed by atoms with Crippen molar-refractivity contribution in [3.05, 3.63) is 76.9 Å². The summed E-state index contributed by atoms with van der Waals surface area (Å²) in [4.78, 5) is 12.0. The molecule has 0 spiro atoms. The van der Waals surface area contributed by atoms with E-state index in [1.807, 2.05) is 54.6 Å². The van der Waals surface area contributed by atoms with Crippen LogP contribution in [0, 0.1) is 0 Å². The molecule has 0 aliphatic carbocycles. The van der Waals surface area contributed by atoms with Crippen LogP contribution < -0.4 is 9.47 Å². The van der Waals surface area contributed by atoms with Crippen LogP contribution in [0.4, 0.5) is 0 Å². The fraction of sp³-hybridized carbons (Fsp3) is 0.240. The SMILES string of the molecule is CCc1cccc2c(/C=C(/Cc3ccccc3)C(=O)O)cc(OC)c(OCOC)c12. The number of carbonyl (C=O) groups is 1. The van der Waals surface area contributed by atoms with Crippen molar-refractivity contribution in [2.45, 2.75) is 19.8 Å². The molecule has 3 rings (SSSR count). The highest BCUT2D eigenvalue weighted by atomic mass is 16.7. The smallest absolute Gasteiger partial charge is 0.331 e. The zero-order valence-corrected chi connectivity index (χ0v) is 17.5. The molecule has 0 aliphatic heterocycles. The van der Waals surface area contributed by atoms with Gasteiger partial charge < -0.3 is 19.3 Å². The van der Waals surface area contributed by atoms with Crippen LogP contribution in [0.2, 0.25) is 0 Å². The molecule has 5 nitrogen and oxygen atoms in total. The lowest BCUT2D eigenvalue weighted by atomic mass is 9.94. The van der Waals surface area contributed by atoms with Crippen molar-refractivity contribution in [3.63, 3.8) is 0 Å². The Morgan fingerprint density at radius 3 is 2.47 bits per heavy atom. The van der Waals surface area contributed by atoms with E-state index in [1.54, 1.807) is 20.3 Å². The van der Waals surface area contributed by atoms with Crippen molar-refractivity contribution >= 4 is 22.8 Å². The van der Waals surface area contributed by atoms with Crippen molar-refractivity contribution < 1.29 is 24.1 Å². The maximum atomic E-state index is 12.0. The second-order valence-electron chi connectivity index (χ2n) is 6.88. The van der Waals surface area contributed by atoms with E-state index >= 15 is 0 Å². The molecule has 0 fully saturated rings. The summed E-state index contributed by atoms with van der Waals surface area (Å²) in [7, 11) is 3.14. The highest BCUT2D eigenvalue weighted by Gasteiger charge is 2.18. The van der Waals surface area contributed by atoms with Crippen molar-refractivity contribution in [3.8, 4) is 11.5 Å². The number of fused-ring (bicyclic) bond motifs is 1. The van der Waals surface area contributed by atoms with Gasteiger partial charge in [-0.3, -0.25) is 0 Å². The van der Waals surface area contributed by atoms with Crippen LogP contribution >= 0.6 is 0 Å². The summed E-state index contributed by atoms with van der Waals surface area (Å²) < 4.78 is 16.5. The zero-order valence-electron chi connectivity index (χ0n) is 17.5. The van der Waals surface area contributed by atoms with Crippen LogP contribution in [0.5, 0.6) is 11.5 Å². The average molecular weight is 406 g/mol.